The van der Waals surface area contributed by atoms with Gasteiger partial charge in [-0.3, -0.25) is 10.8 Å². The molecule has 1 aliphatic rings. The lowest BCUT2D eigenvalue weighted by Crippen LogP contribution is -2.29. The van der Waals surface area contributed by atoms with Gasteiger partial charge in [0.2, 0.25) is 0 Å². The van der Waals surface area contributed by atoms with Crippen LogP contribution in [0.1, 0.15) is 28.3 Å². The average molecular weight is 255 g/mol. The zero-order chi connectivity index (χ0) is 13.2. The number of hydrazine groups is 1. The molecule has 1 aliphatic heterocycles. The van der Waals surface area contributed by atoms with Gasteiger partial charge in [-0.15, -0.1) is 0 Å². The lowest BCUT2D eigenvalue weighted by atomic mass is 9.95. The Bertz CT molecular complexity index is 598. The Kier molecular flexibility index (Phi) is 3.19. The summed E-state index contributed by atoms with van der Waals surface area (Å²) in [6.45, 7) is 2.82. The minimum Gasteiger partial charge on any atom is -0.493 e. The highest BCUT2D eigenvalue weighted by molar-refractivity contribution is 5.44. The smallest absolute Gasteiger partial charge is 0.122 e. The van der Waals surface area contributed by atoms with Gasteiger partial charge in [0.25, 0.3) is 0 Å². The van der Waals surface area contributed by atoms with E-state index >= 15 is 0 Å². The van der Waals surface area contributed by atoms with Crippen molar-refractivity contribution in [2.24, 2.45) is 5.84 Å². The summed E-state index contributed by atoms with van der Waals surface area (Å²) in [6.07, 6.45) is 4.62. The van der Waals surface area contributed by atoms with Crippen molar-refractivity contribution in [1.82, 2.24) is 10.4 Å². The number of nitrogens with one attached hydrogen (secondary N) is 1. The monoisotopic (exact) mass is 255 g/mol. The van der Waals surface area contributed by atoms with Gasteiger partial charge in [0, 0.05) is 18.8 Å². The number of fused-ring (bicyclic) bond motifs is 1. The number of aromatic nitrogens is 1. The highest BCUT2D eigenvalue weighted by Gasteiger charge is 2.18. The first-order valence-electron chi connectivity index (χ1n) is 6.42. The van der Waals surface area contributed by atoms with Crippen LogP contribution in [0.15, 0.2) is 36.7 Å². The Morgan fingerprint density at radius 1 is 1.37 bits per heavy atom. The second-order valence-electron chi connectivity index (χ2n) is 4.80. The maximum atomic E-state index is 5.75. The summed E-state index contributed by atoms with van der Waals surface area (Å²) in [6, 6.07) is 8.25. The molecule has 98 valence electrons. The van der Waals surface area contributed by atoms with Crippen LogP contribution in [0.25, 0.3) is 0 Å². The fourth-order valence-corrected chi connectivity index (χ4v) is 2.56. The summed E-state index contributed by atoms with van der Waals surface area (Å²) in [5.41, 5.74) is 7.58. The summed E-state index contributed by atoms with van der Waals surface area (Å²) < 4.78 is 5.53. The quantitative estimate of drug-likeness (QED) is 0.649. The summed E-state index contributed by atoms with van der Waals surface area (Å²) in [5.74, 6) is 6.74. The summed E-state index contributed by atoms with van der Waals surface area (Å²) >= 11 is 0. The SMILES string of the molecule is Cc1cnccc1C(NN)c1ccc2c(c1)CCO2. The van der Waals surface area contributed by atoms with E-state index in [2.05, 4.69) is 22.5 Å². The molecule has 0 fully saturated rings. The van der Waals surface area contributed by atoms with Crippen LogP contribution in [0, 0.1) is 6.92 Å². The lowest BCUT2D eigenvalue weighted by Gasteiger charge is -2.19. The number of hydrogen-bond acceptors (Lipinski definition) is 4. The molecule has 19 heavy (non-hydrogen) atoms. The van der Waals surface area contributed by atoms with Gasteiger partial charge in [-0.05, 0) is 41.3 Å². The van der Waals surface area contributed by atoms with Crippen molar-refractivity contribution in [3.8, 4) is 5.75 Å². The van der Waals surface area contributed by atoms with Crippen LogP contribution in [0.4, 0.5) is 0 Å². The zero-order valence-corrected chi connectivity index (χ0v) is 10.9. The molecule has 2 heterocycles. The third kappa shape index (κ3) is 2.20. The first-order chi connectivity index (χ1) is 9.29. The molecule has 0 spiro atoms. The van der Waals surface area contributed by atoms with Crippen molar-refractivity contribution in [2.45, 2.75) is 19.4 Å². The number of nitrogens with two attached hydrogens (primary N) is 1. The van der Waals surface area contributed by atoms with Crippen molar-refractivity contribution < 1.29 is 4.74 Å². The maximum Gasteiger partial charge on any atom is 0.122 e. The molecule has 0 aliphatic carbocycles. The Morgan fingerprint density at radius 3 is 3.05 bits per heavy atom. The predicted molar refractivity (Wildman–Crippen MR) is 73.8 cm³/mol. The van der Waals surface area contributed by atoms with Crippen molar-refractivity contribution in [2.75, 3.05) is 6.61 Å². The van der Waals surface area contributed by atoms with E-state index in [0.29, 0.717) is 0 Å². The van der Waals surface area contributed by atoms with Gasteiger partial charge < -0.3 is 4.74 Å². The van der Waals surface area contributed by atoms with E-state index in [1.807, 2.05) is 25.3 Å². The topological polar surface area (TPSA) is 60.2 Å². The van der Waals surface area contributed by atoms with E-state index in [0.717, 1.165) is 35.5 Å². The van der Waals surface area contributed by atoms with E-state index in [-0.39, 0.29) is 6.04 Å². The van der Waals surface area contributed by atoms with Crippen LogP contribution in [0.2, 0.25) is 0 Å². The molecule has 1 aromatic heterocycles. The molecule has 4 heteroatoms. The Hall–Kier alpha value is -1.91. The molecule has 0 radical (unpaired) electrons. The number of nitrogens with zero attached hydrogens (tertiary/aromatic N) is 1. The predicted octanol–water partition coefficient (Wildman–Crippen LogP) is 1.88. The molecule has 1 atom stereocenters. The first-order valence-corrected chi connectivity index (χ1v) is 6.42. The normalized spacial score (nSPS) is 14.8. The van der Waals surface area contributed by atoms with E-state index in [9.17, 15) is 0 Å². The van der Waals surface area contributed by atoms with Crippen LogP contribution in [0.5, 0.6) is 5.75 Å². The third-order valence-electron chi connectivity index (χ3n) is 3.59. The zero-order valence-electron chi connectivity index (χ0n) is 10.9. The minimum atomic E-state index is -0.0195. The molecule has 0 saturated carbocycles. The second kappa shape index (κ2) is 4.99. The number of rotatable bonds is 3. The van der Waals surface area contributed by atoms with Gasteiger partial charge in [0.15, 0.2) is 0 Å². The third-order valence-corrected chi connectivity index (χ3v) is 3.59. The molecule has 0 amide bonds. The molecule has 3 rings (SSSR count). The van der Waals surface area contributed by atoms with Gasteiger partial charge in [-0.25, -0.2) is 5.43 Å². The van der Waals surface area contributed by atoms with Crippen LogP contribution in [-0.4, -0.2) is 11.6 Å². The van der Waals surface area contributed by atoms with Crippen LogP contribution < -0.4 is 16.0 Å². The molecular formula is C15H17N3O. The molecule has 4 nitrogen and oxygen atoms in total. The molecular weight excluding hydrogens is 238 g/mol. The number of aryl methyl sites for hydroxylation is 1. The highest BCUT2D eigenvalue weighted by Crippen LogP contribution is 2.30. The lowest BCUT2D eigenvalue weighted by molar-refractivity contribution is 0.357. The second-order valence-corrected chi connectivity index (χ2v) is 4.80. The van der Waals surface area contributed by atoms with Gasteiger partial charge in [0.05, 0.1) is 12.6 Å². The summed E-state index contributed by atoms with van der Waals surface area (Å²) in [4.78, 5) is 4.12. The number of benzene rings is 1. The maximum absolute atomic E-state index is 5.75. The molecule has 1 aromatic carbocycles. The van der Waals surface area contributed by atoms with Gasteiger partial charge in [-0.2, -0.15) is 0 Å². The van der Waals surface area contributed by atoms with Crippen molar-refractivity contribution >= 4 is 0 Å². The van der Waals surface area contributed by atoms with E-state index in [1.165, 1.54) is 5.56 Å². The van der Waals surface area contributed by atoms with Crippen molar-refractivity contribution in [1.29, 1.82) is 0 Å². The van der Waals surface area contributed by atoms with Gasteiger partial charge >= 0.3 is 0 Å². The fourth-order valence-electron chi connectivity index (χ4n) is 2.56. The number of pyridine rings is 1. The Morgan fingerprint density at radius 2 is 2.26 bits per heavy atom. The standard InChI is InChI=1S/C15H17N3O/c1-10-9-17-6-4-13(10)15(18-16)12-2-3-14-11(8-12)5-7-19-14/h2-4,6,8-9,15,18H,5,7,16H2,1H3. The van der Waals surface area contributed by atoms with Crippen LogP contribution in [-0.2, 0) is 6.42 Å². The summed E-state index contributed by atoms with van der Waals surface area (Å²) in [7, 11) is 0. The molecule has 2 aromatic rings. The van der Waals surface area contributed by atoms with Gasteiger partial charge in [0.1, 0.15) is 5.75 Å². The van der Waals surface area contributed by atoms with Crippen LogP contribution in [0.3, 0.4) is 0 Å². The number of ether oxygens (including phenoxy) is 1. The van der Waals surface area contributed by atoms with E-state index < -0.39 is 0 Å². The number of hydrogen-bond donors (Lipinski definition) is 2. The largest absolute Gasteiger partial charge is 0.493 e. The molecule has 0 saturated heterocycles. The average Bonchev–Trinajstić information content (AvgIpc) is 2.89. The van der Waals surface area contributed by atoms with Crippen molar-refractivity contribution in [3.63, 3.8) is 0 Å². The molecule has 0 bridgehead atoms. The summed E-state index contributed by atoms with van der Waals surface area (Å²) in [5, 5.41) is 0. The highest BCUT2D eigenvalue weighted by atomic mass is 16.5. The first kappa shape index (κ1) is 12.1. The minimum absolute atomic E-state index is 0.0195. The van der Waals surface area contributed by atoms with E-state index in [4.69, 9.17) is 10.6 Å². The Labute approximate surface area is 112 Å². The molecule has 3 N–H and O–H groups in total. The van der Waals surface area contributed by atoms with Crippen LogP contribution >= 0.6 is 0 Å². The van der Waals surface area contributed by atoms with E-state index in [1.54, 1.807) is 6.20 Å². The Balaban J connectivity index is 2.01. The van der Waals surface area contributed by atoms with Gasteiger partial charge in [-0.1, -0.05) is 12.1 Å². The van der Waals surface area contributed by atoms with Crippen molar-refractivity contribution in [3.05, 3.63) is 58.9 Å². The fraction of sp³-hybridized carbons (Fsp3) is 0.267. The molecule has 1 unspecified atom stereocenters.